The number of anilines is 1. The van der Waals surface area contributed by atoms with Gasteiger partial charge in [0.2, 0.25) is 5.91 Å². The molecule has 0 atom stereocenters. The van der Waals surface area contributed by atoms with Crippen molar-refractivity contribution in [3.63, 3.8) is 0 Å². The van der Waals surface area contributed by atoms with Gasteiger partial charge in [0.05, 0.1) is 5.69 Å². The number of likely N-dealkylation sites (tertiary alicyclic amines) is 1. The summed E-state index contributed by atoms with van der Waals surface area (Å²) in [5.74, 6) is 1.01. The summed E-state index contributed by atoms with van der Waals surface area (Å²) in [5, 5.41) is 0. The Balaban J connectivity index is 1.55. The summed E-state index contributed by atoms with van der Waals surface area (Å²) >= 11 is 0. The highest BCUT2D eigenvalue weighted by atomic mass is 19.1. The molecule has 0 N–H and O–H groups in total. The van der Waals surface area contributed by atoms with Crippen molar-refractivity contribution in [3.8, 4) is 0 Å². The number of benzene rings is 1. The third kappa shape index (κ3) is 3.26. The van der Waals surface area contributed by atoms with E-state index in [1.807, 2.05) is 17.0 Å². The van der Waals surface area contributed by atoms with E-state index in [0.29, 0.717) is 11.6 Å². The normalized spacial score (nSPS) is 21.2. The maximum atomic E-state index is 13.8. The highest BCUT2D eigenvalue weighted by Crippen LogP contribution is 2.27. The van der Waals surface area contributed by atoms with Crippen LogP contribution in [0.4, 0.5) is 10.1 Å². The molecule has 2 fully saturated rings. The van der Waals surface area contributed by atoms with Crippen LogP contribution in [-0.4, -0.2) is 37.0 Å². The predicted octanol–water partition coefficient (Wildman–Crippen LogP) is 3.30. The van der Waals surface area contributed by atoms with E-state index < -0.39 is 0 Å². The highest BCUT2D eigenvalue weighted by molar-refractivity contribution is 5.79. The monoisotopic (exact) mass is 304 g/mol. The van der Waals surface area contributed by atoms with Gasteiger partial charge in [-0.15, -0.1) is 0 Å². The Morgan fingerprint density at radius 2 is 1.68 bits per heavy atom. The first-order valence-electron chi connectivity index (χ1n) is 8.43. The Labute approximate surface area is 132 Å². The van der Waals surface area contributed by atoms with Crippen molar-refractivity contribution in [2.24, 2.45) is 11.8 Å². The first-order valence-corrected chi connectivity index (χ1v) is 8.43. The second-order valence-corrected chi connectivity index (χ2v) is 6.72. The van der Waals surface area contributed by atoms with Crippen LogP contribution < -0.4 is 4.90 Å². The summed E-state index contributed by atoms with van der Waals surface area (Å²) in [5.41, 5.74) is 0.667. The number of amides is 1. The molecular weight excluding hydrogens is 279 g/mol. The standard InChI is InChI=1S/C18H25FN2O/c1-14-6-10-21(11-7-14)18(22)15-8-12-20(13-9-15)17-5-3-2-4-16(17)19/h2-5,14-15H,6-13H2,1H3. The van der Waals surface area contributed by atoms with Crippen molar-refractivity contribution in [1.29, 1.82) is 0 Å². The molecule has 1 amide bonds. The zero-order valence-electron chi connectivity index (χ0n) is 13.3. The smallest absolute Gasteiger partial charge is 0.225 e. The quantitative estimate of drug-likeness (QED) is 0.837. The molecule has 2 heterocycles. The van der Waals surface area contributed by atoms with Crippen molar-refractivity contribution < 1.29 is 9.18 Å². The van der Waals surface area contributed by atoms with Crippen LogP contribution in [0.25, 0.3) is 0 Å². The van der Waals surface area contributed by atoms with Gasteiger partial charge in [-0.1, -0.05) is 19.1 Å². The van der Waals surface area contributed by atoms with Gasteiger partial charge in [0.1, 0.15) is 5.82 Å². The summed E-state index contributed by atoms with van der Waals surface area (Å²) < 4.78 is 13.8. The molecule has 0 spiro atoms. The number of rotatable bonds is 2. The van der Waals surface area contributed by atoms with E-state index in [-0.39, 0.29) is 11.7 Å². The van der Waals surface area contributed by atoms with Crippen LogP contribution in [0, 0.1) is 17.7 Å². The summed E-state index contributed by atoms with van der Waals surface area (Å²) in [7, 11) is 0. The number of hydrogen-bond acceptors (Lipinski definition) is 2. The minimum Gasteiger partial charge on any atom is -0.369 e. The maximum Gasteiger partial charge on any atom is 0.225 e. The van der Waals surface area contributed by atoms with Gasteiger partial charge < -0.3 is 9.80 Å². The van der Waals surface area contributed by atoms with Gasteiger partial charge in [0, 0.05) is 32.1 Å². The van der Waals surface area contributed by atoms with Gasteiger partial charge in [-0.2, -0.15) is 0 Å². The first-order chi connectivity index (χ1) is 10.6. The van der Waals surface area contributed by atoms with E-state index in [9.17, 15) is 9.18 Å². The van der Waals surface area contributed by atoms with E-state index in [4.69, 9.17) is 0 Å². The Kier molecular flexibility index (Phi) is 4.65. The third-order valence-electron chi connectivity index (χ3n) is 5.13. The zero-order chi connectivity index (χ0) is 15.5. The molecule has 1 aromatic rings. The molecule has 2 aliphatic rings. The SMILES string of the molecule is CC1CCN(C(=O)C2CCN(c3ccccc3F)CC2)CC1. The van der Waals surface area contributed by atoms with Gasteiger partial charge in [-0.05, 0) is 43.7 Å². The van der Waals surface area contributed by atoms with Crippen LogP contribution in [0.1, 0.15) is 32.6 Å². The van der Waals surface area contributed by atoms with E-state index in [1.54, 1.807) is 6.07 Å². The summed E-state index contributed by atoms with van der Waals surface area (Å²) in [6, 6.07) is 6.90. The maximum absolute atomic E-state index is 13.8. The molecule has 3 nitrogen and oxygen atoms in total. The molecule has 0 unspecified atom stereocenters. The number of halogens is 1. The molecule has 1 aromatic carbocycles. The topological polar surface area (TPSA) is 23.6 Å². The molecule has 4 heteroatoms. The van der Waals surface area contributed by atoms with Crippen LogP contribution >= 0.6 is 0 Å². The molecular formula is C18H25FN2O. The Morgan fingerprint density at radius 3 is 2.32 bits per heavy atom. The minimum absolute atomic E-state index is 0.122. The minimum atomic E-state index is -0.169. The fourth-order valence-corrected chi connectivity index (χ4v) is 3.56. The van der Waals surface area contributed by atoms with Crippen LogP contribution in [0.5, 0.6) is 0 Å². The van der Waals surface area contributed by atoms with Crippen molar-refractivity contribution in [1.82, 2.24) is 4.90 Å². The van der Waals surface area contributed by atoms with Crippen molar-refractivity contribution in [2.45, 2.75) is 32.6 Å². The lowest BCUT2D eigenvalue weighted by molar-refractivity contribution is -0.137. The fourth-order valence-electron chi connectivity index (χ4n) is 3.56. The van der Waals surface area contributed by atoms with Crippen LogP contribution in [0.3, 0.4) is 0 Å². The molecule has 2 aliphatic heterocycles. The summed E-state index contributed by atoms with van der Waals surface area (Å²) in [6.45, 7) is 5.61. The Bertz CT molecular complexity index is 518. The molecule has 3 rings (SSSR count). The number of piperidine rings is 2. The molecule has 2 saturated heterocycles. The van der Waals surface area contributed by atoms with E-state index >= 15 is 0 Å². The predicted molar refractivity (Wildman–Crippen MR) is 86.3 cm³/mol. The summed E-state index contributed by atoms with van der Waals surface area (Å²) in [6.07, 6.45) is 3.91. The van der Waals surface area contributed by atoms with E-state index in [2.05, 4.69) is 11.8 Å². The van der Waals surface area contributed by atoms with Crippen LogP contribution in [0.15, 0.2) is 24.3 Å². The molecule has 120 valence electrons. The van der Waals surface area contributed by atoms with E-state index in [0.717, 1.165) is 57.8 Å². The molecule has 0 bridgehead atoms. The zero-order valence-corrected chi connectivity index (χ0v) is 13.3. The summed E-state index contributed by atoms with van der Waals surface area (Å²) in [4.78, 5) is 16.7. The lowest BCUT2D eigenvalue weighted by Crippen LogP contribution is -2.45. The van der Waals surface area contributed by atoms with Gasteiger partial charge in [0.25, 0.3) is 0 Å². The van der Waals surface area contributed by atoms with Crippen molar-refractivity contribution >= 4 is 11.6 Å². The number of carbonyl (C=O) groups excluding carboxylic acids is 1. The number of para-hydroxylation sites is 1. The Morgan fingerprint density at radius 1 is 1.05 bits per heavy atom. The molecule has 0 saturated carbocycles. The number of carbonyl (C=O) groups is 1. The van der Waals surface area contributed by atoms with Crippen LogP contribution in [-0.2, 0) is 4.79 Å². The molecule has 22 heavy (non-hydrogen) atoms. The highest BCUT2D eigenvalue weighted by Gasteiger charge is 2.30. The lowest BCUT2D eigenvalue weighted by atomic mass is 9.92. The number of hydrogen-bond donors (Lipinski definition) is 0. The third-order valence-corrected chi connectivity index (χ3v) is 5.13. The van der Waals surface area contributed by atoms with Gasteiger partial charge in [0.15, 0.2) is 0 Å². The second-order valence-electron chi connectivity index (χ2n) is 6.72. The van der Waals surface area contributed by atoms with E-state index in [1.165, 1.54) is 6.07 Å². The average molecular weight is 304 g/mol. The average Bonchev–Trinajstić information content (AvgIpc) is 2.56. The molecule has 0 aliphatic carbocycles. The number of nitrogens with zero attached hydrogens (tertiary/aromatic N) is 2. The Hall–Kier alpha value is -1.58. The van der Waals surface area contributed by atoms with Gasteiger partial charge >= 0.3 is 0 Å². The molecule has 0 radical (unpaired) electrons. The van der Waals surface area contributed by atoms with Crippen molar-refractivity contribution in [3.05, 3.63) is 30.1 Å². The second kappa shape index (κ2) is 6.67. The van der Waals surface area contributed by atoms with Crippen LogP contribution in [0.2, 0.25) is 0 Å². The molecule has 0 aromatic heterocycles. The van der Waals surface area contributed by atoms with Gasteiger partial charge in [-0.3, -0.25) is 4.79 Å². The largest absolute Gasteiger partial charge is 0.369 e. The van der Waals surface area contributed by atoms with Gasteiger partial charge in [-0.25, -0.2) is 4.39 Å². The fraction of sp³-hybridized carbons (Fsp3) is 0.611. The van der Waals surface area contributed by atoms with Crippen molar-refractivity contribution in [2.75, 3.05) is 31.1 Å². The lowest BCUT2D eigenvalue weighted by Gasteiger charge is -2.37. The first kappa shape index (κ1) is 15.3.